The third kappa shape index (κ3) is 4.68. The molecular formula is C20H29N5O3S. The van der Waals surface area contributed by atoms with Gasteiger partial charge in [0.15, 0.2) is 0 Å². The average molecular weight is 420 g/mol. The highest BCUT2D eigenvalue weighted by molar-refractivity contribution is 7.89. The molecule has 9 heteroatoms. The lowest BCUT2D eigenvalue weighted by atomic mass is 10.1. The summed E-state index contributed by atoms with van der Waals surface area (Å²) in [5, 5.41) is 4.47. The largest absolute Gasteiger partial charge is 0.336 e. The molecule has 0 saturated carbocycles. The molecular weight excluding hydrogens is 390 g/mol. The van der Waals surface area contributed by atoms with E-state index in [1.807, 2.05) is 23.6 Å². The summed E-state index contributed by atoms with van der Waals surface area (Å²) in [6.07, 6.45) is 0. The SMILES string of the molecule is CCNS(=O)(=O)c1ccc(C(=O)N2CCN(Cc3c(C)nn(C)c3C)CC2)cc1. The lowest BCUT2D eigenvalue weighted by Crippen LogP contribution is -2.48. The number of amides is 1. The van der Waals surface area contributed by atoms with Crippen LogP contribution in [0.3, 0.4) is 0 Å². The molecule has 1 saturated heterocycles. The third-order valence-electron chi connectivity index (χ3n) is 5.45. The first-order chi connectivity index (χ1) is 13.7. The molecule has 0 atom stereocenters. The van der Waals surface area contributed by atoms with Crippen LogP contribution in [0.25, 0.3) is 0 Å². The molecule has 0 unspecified atom stereocenters. The van der Waals surface area contributed by atoms with Gasteiger partial charge in [0.1, 0.15) is 0 Å². The van der Waals surface area contributed by atoms with Gasteiger partial charge in [-0.15, -0.1) is 0 Å². The molecule has 1 aliphatic heterocycles. The molecule has 3 rings (SSSR count). The fraction of sp³-hybridized carbons (Fsp3) is 0.500. The fourth-order valence-electron chi connectivity index (χ4n) is 3.61. The van der Waals surface area contributed by atoms with E-state index in [2.05, 4.69) is 21.6 Å². The Hall–Kier alpha value is -2.23. The second kappa shape index (κ2) is 8.64. The second-order valence-corrected chi connectivity index (χ2v) is 9.13. The number of carbonyl (C=O) groups excluding carboxylic acids is 1. The first-order valence-corrected chi connectivity index (χ1v) is 11.3. The lowest BCUT2D eigenvalue weighted by Gasteiger charge is -2.34. The van der Waals surface area contributed by atoms with Gasteiger partial charge in [-0.05, 0) is 38.1 Å². The van der Waals surface area contributed by atoms with Crippen molar-refractivity contribution in [1.29, 1.82) is 0 Å². The van der Waals surface area contributed by atoms with E-state index in [0.717, 1.165) is 25.3 Å². The van der Waals surface area contributed by atoms with Crippen LogP contribution in [0.5, 0.6) is 0 Å². The summed E-state index contributed by atoms with van der Waals surface area (Å²) >= 11 is 0. The van der Waals surface area contributed by atoms with Crippen molar-refractivity contribution in [3.63, 3.8) is 0 Å². The van der Waals surface area contributed by atoms with E-state index < -0.39 is 10.0 Å². The van der Waals surface area contributed by atoms with Crippen molar-refractivity contribution in [3.8, 4) is 0 Å². The maximum absolute atomic E-state index is 12.8. The number of aromatic nitrogens is 2. The standard InChI is InChI=1S/C20H29N5O3S/c1-5-21-29(27,28)18-8-6-17(7-9-18)20(26)25-12-10-24(11-13-25)14-19-15(2)22-23(4)16(19)3/h6-9,21H,5,10-14H2,1-4H3. The summed E-state index contributed by atoms with van der Waals surface area (Å²) in [7, 11) is -1.55. The molecule has 0 spiro atoms. The normalized spacial score (nSPS) is 15.7. The zero-order valence-corrected chi connectivity index (χ0v) is 18.3. The summed E-state index contributed by atoms with van der Waals surface area (Å²) in [5.41, 5.74) is 3.99. The van der Waals surface area contributed by atoms with E-state index >= 15 is 0 Å². The van der Waals surface area contributed by atoms with Crippen LogP contribution in [0.4, 0.5) is 0 Å². The number of hydrogen-bond acceptors (Lipinski definition) is 5. The minimum Gasteiger partial charge on any atom is -0.336 e. The van der Waals surface area contributed by atoms with Crippen molar-refractivity contribution >= 4 is 15.9 Å². The summed E-state index contributed by atoms with van der Waals surface area (Å²) in [4.78, 5) is 17.1. The Bertz CT molecular complexity index is 974. The van der Waals surface area contributed by atoms with E-state index in [4.69, 9.17) is 0 Å². The van der Waals surface area contributed by atoms with Gasteiger partial charge in [-0.25, -0.2) is 13.1 Å². The fourth-order valence-corrected chi connectivity index (χ4v) is 4.65. The highest BCUT2D eigenvalue weighted by Crippen LogP contribution is 2.17. The van der Waals surface area contributed by atoms with E-state index in [9.17, 15) is 13.2 Å². The van der Waals surface area contributed by atoms with Crippen LogP contribution in [0.1, 0.15) is 34.2 Å². The molecule has 158 valence electrons. The van der Waals surface area contributed by atoms with E-state index in [1.165, 1.54) is 23.4 Å². The van der Waals surface area contributed by atoms with Crippen molar-refractivity contribution < 1.29 is 13.2 Å². The van der Waals surface area contributed by atoms with Crippen LogP contribution in [0, 0.1) is 13.8 Å². The van der Waals surface area contributed by atoms with Crippen LogP contribution in [0.15, 0.2) is 29.2 Å². The molecule has 8 nitrogen and oxygen atoms in total. The van der Waals surface area contributed by atoms with Gasteiger partial charge in [-0.1, -0.05) is 6.92 Å². The van der Waals surface area contributed by atoms with E-state index in [-0.39, 0.29) is 10.8 Å². The first kappa shape index (κ1) is 21.5. The highest BCUT2D eigenvalue weighted by atomic mass is 32.2. The Morgan fingerprint density at radius 3 is 2.24 bits per heavy atom. The predicted molar refractivity (Wildman–Crippen MR) is 111 cm³/mol. The van der Waals surface area contributed by atoms with Gasteiger partial charge < -0.3 is 4.90 Å². The van der Waals surface area contributed by atoms with Crippen molar-refractivity contribution in [1.82, 2.24) is 24.3 Å². The smallest absolute Gasteiger partial charge is 0.253 e. The number of piperazine rings is 1. The lowest BCUT2D eigenvalue weighted by molar-refractivity contribution is 0.0628. The van der Waals surface area contributed by atoms with Gasteiger partial charge in [0.25, 0.3) is 5.91 Å². The topological polar surface area (TPSA) is 87.5 Å². The number of rotatable bonds is 6. The van der Waals surface area contributed by atoms with E-state index in [1.54, 1.807) is 19.1 Å². The molecule has 0 radical (unpaired) electrons. The predicted octanol–water partition coefficient (Wildman–Crippen LogP) is 1.29. The monoisotopic (exact) mass is 419 g/mol. The minimum absolute atomic E-state index is 0.0641. The van der Waals surface area contributed by atoms with Gasteiger partial charge >= 0.3 is 0 Å². The number of nitrogens with zero attached hydrogens (tertiary/aromatic N) is 4. The van der Waals surface area contributed by atoms with Crippen molar-refractivity contribution in [2.24, 2.45) is 7.05 Å². The number of benzene rings is 1. The Kier molecular flexibility index (Phi) is 6.40. The number of nitrogens with one attached hydrogen (secondary N) is 1. The van der Waals surface area contributed by atoms with Gasteiger partial charge in [0.2, 0.25) is 10.0 Å². The second-order valence-electron chi connectivity index (χ2n) is 7.37. The minimum atomic E-state index is -3.51. The Balaban J connectivity index is 1.60. The van der Waals surface area contributed by atoms with Crippen LogP contribution in [-0.4, -0.2) is 66.6 Å². The molecule has 1 N–H and O–H groups in total. The molecule has 29 heavy (non-hydrogen) atoms. The Labute approximate surface area is 172 Å². The summed E-state index contributed by atoms with van der Waals surface area (Å²) in [6, 6.07) is 6.13. The number of hydrogen-bond donors (Lipinski definition) is 1. The van der Waals surface area contributed by atoms with Gasteiger partial charge in [-0.3, -0.25) is 14.4 Å². The van der Waals surface area contributed by atoms with Gasteiger partial charge in [0, 0.05) is 63.1 Å². The van der Waals surface area contributed by atoms with E-state index in [0.29, 0.717) is 25.2 Å². The molecule has 0 bridgehead atoms. The third-order valence-corrected chi connectivity index (χ3v) is 7.01. The number of aryl methyl sites for hydroxylation is 2. The molecule has 1 aliphatic rings. The van der Waals surface area contributed by atoms with Crippen LogP contribution >= 0.6 is 0 Å². The van der Waals surface area contributed by atoms with Crippen molar-refractivity contribution in [2.75, 3.05) is 32.7 Å². The maximum Gasteiger partial charge on any atom is 0.253 e. The highest BCUT2D eigenvalue weighted by Gasteiger charge is 2.24. The molecule has 1 fully saturated rings. The number of carbonyl (C=O) groups is 1. The summed E-state index contributed by atoms with van der Waals surface area (Å²) < 4.78 is 28.4. The van der Waals surface area contributed by atoms with Gasteiger partial charge in [-0.2, -0.15) is 5.10 Å². The van der Waals surface area contributed by atoms with Crippen molar-refractivity contribution in [2.45, 2.75) is 32.2 Å². The first-order valence-electron chi connectivity index (χ1n) is 9.83. The van der Waals surface area contributed by atoms with Crippen LogP contribution in [0.2, 0.25) is 0 Å². The Morgan fingerprint density at radius 2 is 1.72 bits per heavy atom. The zero-order valence-electron chi connectivity index (χ0n) is 17.5. The molecule has 1 amide bonds. The van der Waals surface area contributed by atoms with Crippen LogP contribution in [-0.2, 0) is 23.6 Å². The molecule has 1 aromatic heterocycles. The molecule has 2 heterocycles. The Morgan fingerprint density at radius 1 is 1.10 bits per heavy atom. The number of sulfonamides is 1. The molecule has 0 aliphatic carbocycles. The van der Waals surface area contributed by atoms with Gasteiger partial charge in [0.05, 0.1) is 10.6 Å². The summed E-state index contributed by atoms with van der Waals surface area (Å²) in [5.74, 6) is -0.0641. The molecule has 1 aromatic carbocycles. The maximum atomic E-state index is 12.8. The average Bonchev–Trinajstić information content (AvgIpc) is 2.94. The van der Waals surface area contributed by atoms with Crippen molar-refractivity contribution in [3.05, 3.63) is 46.8 Å². The molecule has 2 aromatic rings. The zero-order chi connectivity index (χ0) is 21.2. The van der Waals surface area contributed by atoms with Crippen LogP contribution < -0.4 is 4.72 Å². The summed E-state index contributed by atoms with van der Waals surface area (Å²) in [6.45, 7) is 9.89. The quantitative estimate of drug-likeness (QED) is 0.762.